The van der Waals surface area contributed by atoms with E-state index >= 15 is 0 Å². The van der Waals surface area contributed by atoms with Crippen molar-refractivity contribution < 1.29 is 4.79 Å². The quantitative estimate of drug-likeness (QED) is 0.746. The number of fused-ring (bicyclic) bond motifs is 1. The molecular weight excluding hydrogens is 354 g/mol. The number of nitrogens with zero attached hydrogens (tertiary/aromatic N) is 6. The van der Waals surface area contributed by atoms with E-state index in [1.165, 1.54) is 0 Å². The molecule has 2 aromatic heterocycles. The molecule has 1 fully saturated rings. The van der Waals surface area contributed by atoms with Crippen LogP contribution in [0.2, 0.25) is 0 Å². The number of hydrogen-bond acceptors (Lipinski definition) is 7. The van der Waals surface area contributed by atoms with Gasteiger partial charge in [0.15, 0.2) is 0 Å². The normalized spacial score (nSPS) is 14.9. The van der Waals surface area contributed by atoms with Crippen LogP contribution in [-0.4, -0.2) is 64.0 Å². The first-order valence-corrected chi connectivity index (χ1v) is 9.37. The fraction of sp³-hybridized carbons (Fsp3) is 0.350. The molecule has 1 N–H and O–H groups in total. The molecule has 0 spiro atoms. The van der Waals surface area contributed by atoms with Crippen molar-refractivity contribution in [3.8, 4) is 0 Å². The van der Waals surface area contributed by atoms with E-state index < -0.39 is 0 Å². The highest BCUT2D eigenvalue weighted by Crippen LogP contribution is 2.19. The van der Waals surface area contributed by atoms with Crippen molar-refractivity contribution in [2.45, 2.75) is 18.9 Å². The van der Waals surface area contributed by atoms with E-state index in [0.717, 1.165) is 35.5 Å². The van der Waals surface area contributed by atoms with Gasteiger partial charge in [-0.25, -0.2) is 15.0 Å². The third-order valence-corrected chi connectivity index (χ3v) is 4.91. The van der Waals surface area contributed by atoms with E-state index in [1.807, 2.05) is 54.2 Å². The van der Waals surface area contributed by atoms with E-state index in [4.69, 9.17) is 0 Å². The molecule has 3 aromatic rings. The Morgan fingerprint density at radius 3 is 2.61 bits per heavy atom. The SMILES string of the molecule is CN(C)c1cc(NC2CCN(C(=O)c3cnc4ccccc4n3)CC2)ncn1. The lowest BCUT2D eigenvalue weighted by molar-refractivity contribution is 0.0712. The Labute approximate surface area is 163 Å². The van der Waals surface area contributed by atoms with Gasteiger partial charge in [0.2, 0.25) is 0 Å². The number of amides is 1. The Hall–Kier alpha value is -3.29. The van der Waals surface area contributed by atoms with E-state index in [2.05, 4.69) is 25.3 Å². The summed E-state index contributed by atoms with van der Waals surface area (Å²) in [5, 5.41) is 3.46. The standard InChI is InChI=1S/C20H23N7O/c1-26(2)19-11-18(22-13-23-19)24-14-7-9-27(10-8-14)20(28)17-12-21-15-5-3-4-6-16(15)25-17/h3-6,11-14H,7-10H2,1-2H3,(H,22,23,24). The number of para-hydroxylation sites is 2. The molecule has 1 aromatic carbocycles. The van der Waals surface area contributed by atoms with E-state index in [0.29, 0.717) is 18.8 Å². The lowest BCUT2D eigenvalue weighted by Crippen LogP contribution is -2.42. The molecule has 8 heteroatoms. The molecule has 8 nitrogen and oxygen atoms in total. The van der Waals surface area contributed by atoms with Crippen LogP contribution in [-0.2, 0) is 0 Å². The lowest BCUT2D eigenvalue weighted by atomic mass is 10.0. The van der Waals surface area contributed by atoms with Gasteiger partial charge in [-0.1, -0.05) is 12.1 Å². The second-order valence-electron chi connectivity index (χ2n) is 7.11. The minimum Gasteiger partial charge on any atom is -0.367 e. The van der Waals surface area contributed by atoms with Gasteiger partial charge in [-0.15, -0.1) is 0 Å². The Morgan fingerprint density at radius 1 is 1.11 bits per heavy atom. The Morgan fingerprint density at radius 2 is 1.86 bits per heavy atom. The van der Waals surface area contributed by atoms with Crippen LogP contribution >= 0.6 is 0 Å². The average molecular weight is 377 g/mol. The minimum atomic E-state index is -0.0615. The zero-order chi connectivity index (χ0) is 19.5. The van der Waals surface area contributed by atoms with Crippen molar-refractivity contribution in [3.63, 3.8) is 0 Å². The summed E-state index contributed by atoms with van der Waals surface area (Å²) >= 11 is 0. The molecule has 0 unspecified atom stereocenters. The summed E-state index contributed by atoms with van der Waals surface area (Å²) in [7, 11) is 3.90. The summed E-state index contributed by atoms with van der Waals surface area (Å²) in [6.45, 7) is 1.35. The first-order chi connectivity index (χ1) is 13.6. The number of piperidine rings is 1. The number of hydrogen-bond donors (Lipinski definition) is 1. The molecule has 0 radical (unpaired) electrons. The summed E-state index contributed by atoms with van der Waals surface area (Å²) in [5.41, 5.74) is 1.94. The minimum absolute atomic E-state index is 0.0615. The Kier molecular flexibility index (Phi) is 5.01. The number of aromatic nitrogens is 4. The third kappa shape index (κ3) is 3.85. The van der Waals surface area contributed by atoms with Crippen molar-refractivity contribution >= 4 is 28.6 Å². The topological polar surface area (TPSA) is 87.1 Å². The van der Waals surface area contributed by atoms with E-state index in [9.17, 15) is 4.79 Å². The predicted octanol–water partition coefficient (Wildman–Crippen LogP) is 2.20. The zero-order valence-corrected chi connectivity index (χ0v) is 16.0. The van der Waals surface area contributed by atoms with Crippen molar-refractivity contribution in [2.24, 2.45) is 0 Å². The number of nitrogens with one attached hydrogen (secondary N) is 1. The molecule has 28 heavy (non-hydrogen) atoms. The molecule has 0 bridgehead atoms. The molecule has 3 heterocycles. The first kappa shape index (κ1) is 18.1. The van der Waals surface area contributed by atoms with Crippen LogP contribution in [0.4, 0.5) is 11.6 Å². The first-order valence-electron chi connectivity index (χ1n) is 9.37. The van der Waals surface area contributed by atoms with Crippen molar-refractivity contribution in [1.29, 1.82) is 0 Å². The summed E-state index contributed by atoms with van der Waals surface area (Å²) in [6, 6.07) is 9.79. The fourth-order valence-electron chi connectivity index (χ4n) is 3.33. The molecule has 1 amide bonds. The van der Waals surface area contributed by atoms with Crippen LogP contribution < -0.4 is 10.2 Å². The van der Waals surface area contributed by atoms with Crippen LogP contribution in [0.25, 0.3) is 11.0 Å². The number of anilines is 2. The molecule has 4 rings (SSSR count). The molecule has 1 saturated heterocycles. The van der Waals surface area contributed by atoms with E-state index in [-0.39, 0.29) is 11.9 Å². The van der Waals surface area contributed by atoms with Crippen molar-refractivity contribution in [1.82, 2.24) is 24.8 Å². The summed E-state index contributed by atoms with van der Waals surface area (Å²) in [6.07, 6.45) is 4.84. The van der Waals surface area contributed by atoms with Gasteiger partial charge in [0, 0.05) is 39.3 Å². The smallest absolute Gasteiger partial charge is 0.274 e. The van der Waals surface area contributed by atoms with Gasteiger partial charge in [-0.2, -0.15) is 0 Å². The maximum atomic E-state index is 12.8. The molecule has 1 aliphatic heterocycles. The number of likely N-dealkylation sites (tertiary alicyclic amines) is 1. The maximum Gasteiger partial charge on any atom is 0.274 e. The highest BCUT2D eigenvalue weighted by molar-refractivity contribution is 5.93. The monoisotopic (exact) mass is 377 g/mol. The van der Waals surface area contributed by atoms with Gasteiger partial charge in [0.25, 0.3) is 5.91 Å². The molecule has 0 atom stereocenters. The van der Waals surface area contributed by atoms with Gasteiger partial charge < -0.3 is 15.1 Å². The molecular formula is C20H23N7O. The fourth-order valence-corrected chi connectivity index (χ4v) is 3.33. The molecule has 144 valence electrons. The number of carbonyl (C=O) groups is 1. The van der Waals surface area contributed by atoms with Gasteiger partial charge >= 0.3 is 0 Å². The van der Waals surface area contributed by atoms with Gasteiger partial charge in [-0.05, 0) is 25.0 Å². The molecule has 0 aliphatic carbocycles. The zero-order valence-electron chi connectivity index (χ0n) is 16.0. The van der Waals surface area contributed by atoms with Crippen molar-refractivity contribution in [3.05, 3.63) is 48.5 Å². The molecule has 1 aliphatic rings. The highest BCUT2D eigenvalue weighted by Gasteiger charge is 2.25. The van der Waals surface area contributed by atoms with Crippen LogP contribution in [0.3, 0.4) is 0 Å². The van der Waals surface area contributed by atoms with Crippen molar-refractivity contribution in [2.75, 3.05) is 37.4 Å². The maximum absolute atomic E-state index is 12.8. The summed E-state index contributed by atoms with van der Waals surface area (Å²) < 4.78 is 0. The van der Waals surface area contributed by atoms with Crippen LogP contribution in [0.5, 0.6) is 0 Å². The second kappa shape index (κ2) is 7.75. The Balaban J connectivity index is 1.38. The van der Waals surface area contributed by atoms with Gasteiger partial charge in [0.1, 0.15) is 23.7 Å². The predicted molar refractivity (Wildman–Crippen MR) is 108 cm³/mol. The largest absolute Gasteiger partial charge is 0.367 e. The van der Waals surface area contributed by atoms with Crippen LogP contribution in [0, 0.1) is 0 Å². The van der Waals surface area contributed by atoms with Gasteiger partial charge in [-0.3, -0.25) is 9.78 Å². The number of carbonyl (C=O) groups excluding carboxylic acids is 1. The second-order valence-corrected chi connectivity index (χ2v) is 7.11. The third-order valence-electron chi connectivity index (χ3n) is 4.91. The van der Waals surface area contributed by atoms with Crippen LogP contribution in [0.15, 0.2) is 42.9 Å². The number of rotatable bonds is 4. The summed E-state index contributed by atoms with van der Waals surface area (Å²) in [4.78, 5) is 33.9. The molecule has 0 saturated carbocycles. The Bertz CT molecular complexity index is 983. The van der Waals surface area contributed by atoms with Crippen LogP contribution in [0.1, 0.15) is 23.3 Å². The number of benzene rings is 1. The van der Waals surface area contributed by atoms with Gasteiger partial charge in [0.05, 0.1) is 17.2 Å². The highest BCUT2D eigenvalue weighted by atomic mass is 16.2. The van der Waals surface area contributed by atoms with E-state index in [1.54, 1.807) is 12.5 Å². The average Bonchev–Trinajstić information content (AvgIpc) is 2.73. The summed E-state index contributed by atoms with van der Waals surface area (Å²) in [5.74, 6) is 1.61. The lowest BCUT2D eigenvalue weighted by Gasteiger charge is -2.32.